The van der Waals surface area contributed by atoms with Gasteiger partial charge in [-0.25, -0.2) is 4.98 Å². The first-order valence-electron chi connectivity index (χ1n) is 6.91. The third kappa shape index (κ3) is 3.09. The van der Waals surface area contributed by atoms with Gasteiger partial charge in [0.2, 0.25) is 0 Å². The Balaban J connectivity index is 2.09. The fourth-order valence-corrected chi connectivity index (χ4v) is 2.56. The number of nitrogens with zero attached hydrogens (tertiary/aromatic N) is 2. The average Bonchev–Trinajstić information content (AvgIpc) is 2.46. The summed E-state index contributed by atoms with van der Waals surface area (Å²) in [6, 6.07) is 4.05. The van der Waals surface area contributed by atoms with Gasteiger partial charge in [0.15, 0.2) is 0 Å². The Kier molecular flexibility index (Phi) is 4.58. The van der Waals surface area contributed by atoms with Crippen molar-refractivity contribution in [3.05, 3.63) is 22.9 Å². The molecule has 108 valence electrons. The fourth-order valence-electron chi connectivity index (χ4n) is 2.56. The SMILES string of the molecule is Cc1cc(NCC2(CO)CCOCC2)nc(C)c1C#N. The summed E-state index contributed by atoms with van der Waals surface area (Å²) in [4.78, 5) is 4.41. The summed E-state index contributed by atoms with van der Waals surface area (Å²) in [5.74, 6) is 0.762. The minimum Gasteiger partial charge on any atom is -0.396 e. The van der Waals surface area contributed by atoms with E-state index in [4.69, 9.17) is 10.00 Å². The number of hydrogen-bond acceptors (Lipinski definition) is 5. The van der Waals surface area contributed by atoms with Gasteiger partial charge < -0.3 is 15.2 Å². The Bertz CT molecular complexity index is 493. The second-order valence-electron chi connectivity index (χ2n) is 5.52. The lowest BCUT2D eigenvalue weighted by atomic mass is 9.81. The van der Waals surface area contributed by atoms with Gasteiger partial charge in [0.05, 0.1) is 17.9 Å². The number of anilines is 1. The molecule has 0 unspecified atom stereocenters. The molecule has 0 atom stereocenters. The molecule has 0 amide bonds. The van der Waals surface area contributed by atoms with Crippen molar-refractivity contribution in [3.8, 4) is 6.07 Å². The molecule has 1 aliphatic rings. The van der Waals surface area contributed by atoms with Crippen LogP contribution in [-0.2, 0) is 4.74 Å². The van der Waals surface area contributed by atoms with E-state index in [1.54, 1.807) is 0 Å². The maximum absolute atomic E-state index is 9.65. The summed E-state index contributed by atoms with van der Waals surface area (Å²) in [5, 5.41) is 22.0. The van der Waals surface area contributed by atoms with Crippen LogP contribution in [0.3, 0.4) is 0 Å². The monoisotopic (exact) mass is 275 g/mol. The number of nitriles is 1. The van der Waals surface area contributed by atoms with Crippen LogP contribution in [0.4, 0.5) is 5.82 Å². The van der Waals surface area contributed by atoms with Gasteiger partial charge in [-0.1, -0.05) is 0 Å². The summed E-state index contributed by atoms with van der Waals surface area (Å²) in [6.45, 7) is 5.96. The van der Waals surface area contributed by atoms with Gasteiger partial charge in [0, 0.05) is 25.2 Å². The molecule has 1 saturated heterocycles. The highest BCUT2D eigenvalue weighted by atomic mass is 16.5. The number of aryl methyl sites for hydroxylation is 2. The second kappa shape index (κ2) is 6.21. The van der Waals surface area contributed by atoms with E-state index >= 15 is 0 Å². The van der Waals surface area contributed by atoms with E-state index in [2.05, 4.69) is 16.4 Å². The number of aliphatic hydroxyl groups is 1. The van der Waals surface area contributed by atoms with E-state index in [-0.39, 0.29) is 12.0 Å². The van der Waals surface area contributed by atoms with Crippen LogP contribution >= 0.6 is 0 Å². The number of rotatable bonds is 4. The predicted molar refractivity (Wildman–Crippen MR) is 76.5 cm³/mol. The summed E-state index contributed by atoms with van der Waals surface area (Å²) in [5.41, 5.74) is 2.17. The van der Waals surface area contributed by atoms with Crippen molar-refractivity contribution in [1.29, 1.82) is 5.26 Å². The Morgan fingerprint density at radius 1 is 1.45 bits per heavy atom. The normalized spacial score (nSPS) is 17.5. The number of ether oxygens (including phenoxy) is 1. The molecule has 2 N–H and O–H groups in total. The predicted octanol–water partition coefficient (Wildman–Crippen LogP) is 1.77. The molecule has 20 heavy (non-hydrogen) atoms. The van der Waals surface area contributed by atoms with Crippen molar-refractivity contribution in [2.24, 2.45) is 5.41 Å². The Morgan fingerprint density at radius 3 is 2.70 bits per heavy atom. The Morgan fingerprint density at radius 2 is 2.15 bits per heavy atom. The van der Waals surface area contributed by atoms with E-state index in [1.807, 2.05) is 19.9 Å². The molecule has 0 saturated carbocycles. The first kappa shape index (κ1) is 14.8. The van der Waals surface area contributed by atoms with Crippen molar-refractivity contribution in [2.45, 2.75) is 26.7 Å². The van der Waals surface area contributed by atoms with Crippen LogP contribution < -0.4 is 5.32 Å². The fraction of sp³-hybridized carbons (Fsp3) is 0.600. The van der Waals surface area contributed by atoms with E-state index in [0.29, 0.717) is 25.3 Å². The van der Waals surface area contributed by atoms with Gasteiger partial charge in [0.1, 0.15) is 11.9 Å². The minimum atomic E-state index is -0.129. The van der Waals surface area contributed by atoms with Crippen molar-refractivity contribution in [2.75, 3.05) is 31.7 Å². The zero-order valence-corrected chi connectivity index (χ0v) is 12.1. The zero-order chi connectivity index (χ0) is 14.6. The quantitative estimate of drug-likeness (QED) is 0.875. The van der Waals surface area contributed by atoms with Gasteiger partial charge in [-0.3, -0.25) is 0 Å². The van der Waals surface area contributed by atoms with Gasteiger partial charge in [-0.05, 0) is 38.3 Å². The largest absolute Gasteiger partial charge is 0.396 e. The molecule has 5 nitrogen and oxygen atoms in total. The topological polar surface area (TPSA) is 78.2 Å². The minimum absolute atomic E-state index is 0.129. The standard InChI is InChI=1S/C15H21N3O2/c1-11-7-14(18-12(2)13(11)8-16)17-9-15(10-19)3-5-20-6-4-15/h7,19H,3-6,9-10H2,1-2H3,(H,17,18). The smallest absolute Gasteiger partial charge is 0.126 e. The maximum atomic E-state index is 9.65. The first-order valence-corrected chi connectivity index (χ1v) is 6.91. The molecule has 5 heteroatoms. The first-order chi connectivity index (χ1) is 9.60. The third-order valence-corrected chi connectivity index (χ3v) is 4.04. The molecule has 0 aromatic carbocycles. The zero-order valence-electron chi connectivity index (χ0n) is 12.1. The molecule has 0 spiro atoms. The van der Waals surface area contributed by atoms with Crippen LogP contribution in [0, 0.1) is 30.6 Å². The molecule has 1 aromatic rings. The molecule has 2 rings (SSSR count). The summed E-state index contributed by atoms with van der Waals surface area (Å²) in [6.07, 6.45) is 1.70. The number of hydrogen-bond donors (Lipinski definition) is 2. The summed E-state index contributed by atoms with van der Waals surface area (Å²) < 4.78 is 5.36. The second-order valence-corrected chi connectivity index (χ2v) is 5.52. The van der Waals surface area contributed by atoms with E-state index in [1.165, 1.54) is 0 Å². The lowest BCUT2D eigenvalue weighted by Gasteiger charge is -2.35. The number of aliphatic hydroxyl groups excluding tert-OH is 1. The van der Waals surface area contributed by atoms with E-state index in [9.17, 15) is 5.11 Å². The molecule has 1 fully saturated rings. The van der Waals surface area contributed by atoms with Gasteiger partial charge in [0.25, 0.3) is 0 Å². The molecule has 0 aliphatic carbocycles. The molecule has 0 bridgehead atoms. The van der Waals surface area contributed by atoms with Gasteiger partial charge in [-0.2, -0.15) is 5.26 Å². The van der Waals surface area contributed by atoms with Crippen LogP contribution in [0.2, 0.25) is 0 Å². The maximum Gasteiger partial charge on any atom is 0.126 e. The number of aromatic nitrogens is 1. The molecule has 1 aliphatic heterocycles. The van der Waals surface area contributed by atoms with Crippen LogP contribution in [0.5, 0.6) is 0 Å². The van der Waals surface area contributed by atoms with E-state index in [0.717, 1.165) is 29.9 Å². The van der Waals surface area contributed by atoms with Crippen molar-refractivity contribution < 1.29 is 9.84 Å². The van der Waals surface area contributed by atoms with E-state index < -0.39 is 0 Å². The molecule has 0 radical (unpaired) electrons. The molecular weight excluding hydrogens is 254 g/mol. The highest BCUT2D eigenvalue weighted by Crippen LogP contribution is 2.30. The van der Waals surface area contributed by atoms with Gasteiger partial charge in [-0.15, -0.1) is 0 Å². The summed E-state index contributed by atoms with van der Waals surface area (Å²) >= 11 is 0. The Labute approximate surface area is 119 Å². The lowest BCUT2D eigenvalue weighted by Crippen LogP contribution is -2.39. The van der Waals surface area contributed by atoms with Crippen LogP contribution in [-0.4, -0.2) is 36.5 Å². The van der Waals surface area contributed by atoms with Gasteiger partial charge >= 0.3 is 0 Å². The number of pyridine rings is 1. The Hall–Kier alpha value is -1.64. The van der Waals surface area contributed by atoms with Crippen LogP contribution in [0.15, 0.2) is 6.07 Å². The van der Waals surface area contributed by atoms with Crippen LogP contribution in [0.25, 0.3) is 0 Å². The third-order valence-electron chi connectivity index (χ3n) is 4.04. The number of nitrogens with one attached hydrogen (secondary N) is 1. The van der Waals surface area contributed by atoms with Crippen LogP contribution in [0.1, 0.15) is 29.7 Å². The van der Waals surface area contributed by atoms with Crippen molar-refractivity contribution in [1.82, 2.24) is 4.98 Å². The summed E-state index contributed by atoms with van der Waals surface area (Å²) in [7, 11) is 0. The van der Waals surface area contributed by atoms with Crippen molar-refractivity contribution in [3.63, 3.8) is 0 Å². The molecule has 2 heterocycles. The molecular formula is C15H21N3O2. The highest BCUT2D eigenvalue weighted by molar-refractivity contribution is 5.48. The average molecular weight is 275 g/mol. The molecule has 1 aromatic heterocycles. The van der Waals surface area contributed by atoms with Crippen molar-refractivity contribution >= 4 is 5.82 Å². The lowest BCUT2D eigenvalue weighted by molar-refractivity contribution is -0.00862. The highest BCUT2D eigenvalue weighted by Gasteiger charge is 2.31.